The maximum absolute atomic E-state index is 12.6. The summed E-state index contributed by atoms with van der Waals surface area (Å²) in [5.41, 5.74) is 3.80. The van der Waals surface area contributed by atoms with Crippen molar-refractivity contribution in [2.24, 2.45) is 0 Å². The first kappa shape index (κ1) is 17.6. The van der Waals surface area contributed by atoms with Crippen molar-refractivity contribution < 1.29 is 17.9 Å². The molecule has 132 valence electrons. The first-order valence-electron chi connectivity index (χ1n) is 8.23. The van der Waals surface area contributed by atoms with Crippen LogP contribution in [0.25, 0.3) is 0 Å². The molecule has 0 saturated carbocycles. The van der Waals surface area contributed by atoms with Gasteiger partial charge in [0.15, 0.2) is 0 Å². The first-order valence-corrected chi connectivity index (χ1v) is 9.71. The molecule has 2 aromatic rings. The maximum atomic E-state index is 12.6. The molecule has 0 heterocycles. The van der Waals surface area contributed by atoms with E-state index in [4.69, 9.17) is 0 Å². The average molecular weight is 359 g/mol. The zero-order chi connectivity index (χ0) is 18.0. The first-order chi connectivity index (χ1) is 11.9. The summed E-state index contributed by atoms with van der Waals surface area (Å²) >= 11 is 0. The Balaban J connectivity index is 1.82. The molecule has 1 aliphatic carbocycles. The van der Waals surface area contributed by atoms with Crippen LogP contribution in [-0.2, 0) is 27.6 Å². The minimum atomic E-state index is -3.74. The van der Waals surface area contributed by atoms with Crippen LogP contribution in [0, 0.1) is 0 Å². The fourth-order valence-electron chi connectivity index (χ4n) is 3.14. The number of aryl methyl sites for hydroxylation is 2. The second-order valence-electron chi connectivity index (χ2n) is 6.24. The number of carbonyl (C=O) groups is 1. The molecule has 0 amide bonds. The van der Waals surface area contributed by atoms with Crippen LogP contribution in [0.3, 0.4) is 0 Å². The molecule has 0 unspecified atom stereocenters. The van der Waals surface area contributed by atoms with Gasteiger partial charge in [0, 0.05) is 6.04 Å². The van der Waals surface area contributed by atoms with Crippen molar-refractivity contribution in [2.75, 3.05) is 7.11 Å². The normalized spacial score (nSPS) is 14.8. The highest BCUT2D eigenvalue weighted by atomic mass is 32.2. The molecule has 0 fully saturated rings. The van der Waals surface area contributed by atoms with Crippen molar-refractivity contribution >= 4 is 16.0 Å². The summed E-state index contributed by atoms with van der Waals surface area (Å²) in [6, 6.07) is 11.6. The van der Waals surface area contributed by atoms with Crippen LogP contribution in [0.1, 0.15) is 46.4 Å². The number of esters is 1. The Bertz CT molecular complexity index is 905. The molecule has 0 radical (unpaired) electrons. The fraction of sp³-hybridized carbons (Fsp3) is 0.316. The van der Waals surface area contributed by atoms with E-state index in [0.29, 0.717) is 0 Å². The summed E-state index contributed by atoms with van der Waals surface area (Å²) in [6.07, 6.45) is 3.29. The smallest absolute Gasteiger partial charge is 0.337 e. The van der Waals surface area contributed by atoms with E-state index >= 15 is 0 Å². The van der Waals surface area contributed by atoms with Crippen LogP contribution in [0.5, 0.6) is 0 Å². The van der Waals surface area contributed by atoms with Crippen molar-refractivity contribution in [3.05, 3.63) is 64.7 Å². The van der Waals surface area contributed by atoms with Gasteiger partial charge in [0.2, 0.25) is 10.0 Å². The van der Waals surface area contributed by atoms with Gasteiger partial charge < -0.3 is 4.74 Å². The van der Waals surface area contributed by atoms with Gasteiger partial charge in [0.1, 0.15) is 0 Å². The third-order valence-electron chi connectivity index (χ3n) is 4.52. The van der Waals surface area contributed by atoms with Gasteiger partial charge in [-0.3, -0.25) is 0 Å². The van der Waals surface area contributed by atoms with Crippen molar-refractivity contribution in [2.45, 2.75) is 37.1 Å². The second-order valence-corrected chi connectivity index (χ2v) is 7.96. The fourth-order valence-corrected chi connectivity index (χ4v) is 4.42. The van der Waals surface area contributed by atoms with Crippen molar-refractivity contribution in [1.29, 1.82) is 0 Å². The number of carbonyl (C=O) groups excluding carboxylic acids is 1. The molecule has 3 rings (SSSR count). The number of nitrogens with one attached hydrogen (secondary N) is 1. The van der Waals surface area contributed by atoms with E-state index in [1.165, 1.54) is 42.5 Å². The molecular formula is C19H21NO4S. The zero-order valence-corrected chi connectivity index (χ0v) is 15.1. The number of methoxy groups -OCH3 is 1. The number of ether oxygens (including phenoxy) is 1. The summed E-state index contributed by atoms with van der Waals surface area (Å²) in [7, 11) is -2.48. The molecular weight excluding hydrogens is 338 g/mol. The average Bonchev–Trinajstić information content (AvgIpc) is 3.08. The molecule has 2 aromatic carbocycles. The monoisotopic (exact) mass is 359 g/mol. The van der Waals surface area contributed by atoms with E-state index in [1.54, 1.807) is 0 Å². The van der Waals surface area contributed by atoms with Crippen molar-refractivity contribution in [3.8, 4) is 0 Å². The molecule has 0 bridgehead atoms. The molecule has 0 saturated heterocycles. The minimum Gasteiger partial charge on any atom is -0.465 e. The van der Waals surface area contributed by atoms with Crippen LogP contribution in [-0.4, -0.2) is 21.5 Å². The quantitative estimate of drug-likeness (QED) is 0.833. The largest absolute Gasteiger partial charge is 0.465 e. The van der Waals surface area contributed by atoms with Crippen LogP contribution in [0.15, 0.2) is 47.4 Å². The molecule has 5 nitrogen and oxygen atoms in total. The van der Waals surface area contributed by atoms with Crippen LogP contribution in [0.2, 0.25) is 0 Å². The third kappa shape index (κ3) is 3.75. The van der Waals surface area contributed by atoms with E-state index in [9.17, 15) is 13.2 Å². The van der Waals surface area contributed by atoms with Gasteiger partial charge in [-0.05, 0) is 61.1 Å². The standard InChI is InChI=1S/C19H21NO4S/c1-13(15-10-9-14-5-3-6-16(14)11-15)20-25(22,23)18-8-4-7-17(12-18)19(21)24-2/h4,7-13,20H,3,5-6H2,1-2H3/t13-/m1/s1. The van der Waals surface area contributed by atoms with E-state index in [0.717, 1.165) is 24.8 Å². The lowest BCUT2D eigenvalue weighted by molar-refractivity contribution is 0.0600. The Morgan fingerprint density at radius 3 is 2.64 bits per heavy atom. The molecule has 1 atom stereocenters. The number of hydrogen-bond donors (Lipinski definition) is 1. The topological polar surface area (TPSA) is 72.5 Å². The van der Waals surface area contributed by atoms with Gasteiger partial charge in [0.05, 0.1) is 17.6 Å². The minimum absolute atomic E-state index is 0.0448. The summed E-state index contributed by atoms with van der Waals surface area (Å²) in [4.78, 5) is 11.7. The van der Waals surface area contributed by atoms with Crippen LogP contribution in [0.4, 0.5) is 0 Å². The van der Waals surface area contributed by atoms with E-state index in [-0.39, 0.29) is 16.5 Å². The predicted octanol–water partition coefficient (Wildman–Crippen LogP) is 3.00. The number of benzene rings is 2. The van der Waals surface area contributed by atoms with Crippen molar-refractivity contribution in [3.63, 3.8) is 0 Å². The Kier molecular flexibility index (Phi) is 4.92. The number of sulfonamides is 1. The predicted molar refractivity (Wildman–Crippen MR) is 95.0 cm³/mol. The highest BCUT2D eigenvalue weighted by molar-refractivity contribution is 7.89. The molecule has 1 N–H and O–H groups in total. The summed E-state index contributed by atoms with van der Waals surface area (Å²) in [5.74, 6) is -0.566. The third-order valence-corrected chi connectivity index (χ3v) is 6.06. The lowest BCUT2D eigenvalue weighted by atomic mass is 10.0. The van der Waals surface area contributed by atoms with Gasteiger partial charge in [0.25, 0.3) is 0 Å². The lowest BCUT2D eigenvalue weighted by Crippen LogP contribution is -2.27. The molecule has 0 spiro atoms. The summed E-state index contributed by atoms with van der Waals surface area (Å²) < 4.78 is 32.6. The lowest BCUT2D eigenvalue weighted by Gasteiger charge is -2.16. The van der Waals surface area contributed by atoms with Gasteiger partial charge in [-0.1, -0.05) is 24.3 Å². The Hall–Kier alpha value is -2.18. The van der Waals surface area contributed by atoms with Gasteiger partial charge in [-0.2, -0.15) is 0 Å². The van der Waals surface area contributed by atoms with Gasteiger partial charge in [-0.15, -0.1) is 0 Å². The van der Waals surface area contributed by atoms with E-state index in [2.05, 4.69) is 21.6 Å². The Labute approximate surface area is 148 Å². The van der Waals surface area contributed by atoms with Gasteiger partial charge in [-0.25, -0.2) is 17.9 Å². The summed E-state index contributed by atoms with van der Waals surface area (Å²) in [6.45, 7) is 1.82. The SMILES string of the molecule is COC(=O)c1cccc(S(=O)(=O)N[C@H](C)c2ccc3c(c2)CCC3)c1. The van der Waals surface area contributed by atoms with E-state index < -0.39 is 16.0 Å². The highest BCUT2D eigenvalue weighted by Crippen LogP contribution is 2.26. The van der Waals surface area contributed by atoms with E-state index in [1.807, 2.05) is 13.0 Å². The molecule has 0 aliphatic heterocycles. The van der Waals surface area contributed by atoms with Crippen molar-refractivity contribution in [1.82, 2.24) is 4.72 Å². The number of rotatable bonds is 5. The molecule has 1 aliphatic rings. The van der Waals surface area contributed by atoms with Crippen LogP contribution < -0.4 is 4.72 Å². The Morgan fingerprint density at radius 2 is 1.88 bits per heavy atom. The number of fused-ring (bicyclic) bond motifs is 1. The molecule has 6 heteroatoms. The van der Waals surface area contributed by atoms with Gasteiger partial charge >= 0.3 is 5.97 Å². The molecule has 25 heavy (non-hydrogen) atoms. The summed E-state index contributed by atoms with van der Waals surface area (Å²) in [5, 5.41) is 0. The molecule has 0 aromatic heterocycles. The second kappa shape index (κ2) is 6.98. The number of hydrogen-bond acceptors (Lipinski definition) is 4. The highest BCUT2D eigenvalue weighted by Gasteiger charge is 2.21. The Morgan fingerprint density at radius 1 is 1.12 bits per heavy atom. The zero-order valence-electron chi connectivity index (χ0n) is 14.3. The maximum Gasteiger partial charge on any atom is 0.337 e. The van der Waals surface area contributed by atoms with Crippen LogP contribution >= 0.6 is 0 Å².